The lowest BCUT2D eigenvalue weighted by molar-refractivity contribution is -0.153. The van der Waals surface area contributed by atoms with Gasteiger partial charge in [-0.05, 0) is 67.7 Å². The van der Waals surface area contributed by atoms with Crippen molar-refractivity contribution >= 4 is 5.91 Å². The van der Waals surface area contributed by atoms with Crippen LogP contribution >= 0.6 is 0 Å². The lowest BCUT2D eigenvalue weighted by atomic mass is 10.0. The first-order valence-corrected chi connectivity index (χ1v) is 11.3. The number of rotatable bonds is 11. The van der Waals surface area contributed by atoms with Crippen LogP contribution in [0.1, 0.15) is 36.4 Å². The molecule has 1 fully saturated rings. The van der Waals surface area contributed by atoms with Gasteiger partial charge in [0.05, 0.1) is 20.3 Å². The predicted octanol–water partition coefficient (Wildman–Crippen LogP) is 4.53. The van der Waals surface area contributed by atoms with Crippen LogP contribution in [0.2, 0.25) is 0 Å². The van der Waals surface area contributed by atoms with E-state index in [9.17, 15) is 18.0 Å². The minimum atomic E-state index is -4.43. The van der Waals surface area contributed by atoms with Crippen molar-refractivity contribution in [3.63, 3.8) is 0 Å². The number of benzene rings is 2. The Morgan fingerprint density at radius 3 is 2.50 bits per heavy atom. The predicted molar refractivity (Wildman–Crippen MR) is 122 cm³/mol. The first-order valence-electron chi connectivity index (χ1n) is 11.3. The zero-order valence-corrected chi connectivity index (χ0v) is 19.5. The molecule has 1 atom stereocenters. The molecule has 1 aliphatic heterocycles. The summed E-state index contributed by atoms with van der Waals surface area (Å²) in [7, 11) is 3.00. The molecule has 1 amide bonds. The first-order chi connectivity index (χ1) is 16.3. The Hall–Kier alpha value is -2.94. The Labute approximate surface area is 198 Å². The number of nitrogens with zero attached hydrogens (tertiary/aromatic N) is 1. The minimum Gasteiger partial charge on any atom is -0.497 e. The molecule has 34 heavy (non-hydrogen) atoms. The lowest BCUT2D eigenvalue weighted by Crippen LogP contribution is -2.36. The number of alkyl halides is 3. The van der Waals surface area contributed by atoms with Crippen molar-refractivity contribution < 1.29 is 32.2 Å². The minimum absolute atomic E-state index is 0.0137. The molecule has 0 saturated carbocycles. The smallest absolute Gasteiger partial charge is 0.422 e. The molecule has 1 heterocycles. The highest BCUT2D eigenvalue weighted by Crippen LogP contribution is 2.30. The number of aryl methyl sites for hydroxylation is 1. The van der Waals surface area contributed by atoms with E-state index in [1.165, 1.54) is 13.2 Å². The standard InChI is InChI=1S/C25H31F3N2O4/c1-32-20-7-5-6-19(15-20)21(30-12-3-4-13-30)16-29-24(31)11-9-18-8-10-22(23(14-18)33-2)34-17-25(26,27)28/h5-8,10,14-15,21H,3-4,9,11-13,16-17H2,1-2H3,(H,29,31). The summed E-state index contributed by atoms with van der Waals surface area (Å²) in [6, 6.07) is 12.6. The van der Waals surface area contributed by atoms with E-state index in [2.05, 4.69) is 10.2 Å². The molecule has 1 saturated heterocycles. The third kappa shape index (κ3) is 7.55. The number of carbonyl (C=O) groups excluding carboxylic acids is 1. The largest absolute Gasteiger partial charge is 0.497 e. The second kappa shape index (κ2) is 12.0. The van der Waals surface area contributed by atoms with Crippen molar-refractivity contribution in [1.82, 2.24) is 10.2 Å². The van der Waals surface area contributed by atoms with Crippen molar-refractivity contribution in [2.24, 2.45) is 0 Å². The van der Waals surface area contributed by atoms with Gasteiger partial charge in [0.2, 0.25) is 5.91 Å². The zero-order valence-electron chi connectivity index (χ0n) is 19.5. The van der Waals surface area contributed by atoms with Crippen molar-refractivity contribution in [1.29, 1.82) is 0 Å². The van der Waals surface area contributed by atoms with Crippen molar-refractivity contribution in [2.75, 3.05) is 40.5 Å². The van der Waals surface area contributed by atoms with E-state index in [1.807, 2.05) is 24.3 Å². The third-order valence-corrected chi connectivity index (χ3v) is 5.81. The molecule has 2 aromatic rings. The maximum Gasteiger partial charge on any atom is 0.422 e. The number of hydrogen-bond acceptors (Lipinski definition) is 5. The number of ether oxygens (including phenoxy) is 3. The van der Waals surface area contributed by atoms with Crippen LogP contribution in [-0.2, 0) is 11.2 Å². The summed E-state index contributed by atoms with van der Waals surface area (Å²) in [5, 5.41) is 3.04. The molecule has 0 aromatic heterocycles. The van der Waals surface area contributed by atoms with Crippen molar-refractivity contribution in [2.45, 2.75) is 37.9 Å². The highest BCUT2D eigenvalue weighted by molar-refractivity contribution is 5.76. The molecule has 0 aliphatic carbocycles. The number of methoxy groups -OCH3 is 2. The SMILES string of the molecule is COc1cccc(C(CNC(=O)CCc2ccc(OCC(F)(F)F)c(OC)c2)N2CCCC2)c1. The van der Waals surface area contributed by atoms with Gasteiger partial charge in [-0.3, -0.25) is 9.69 Å². The van der Waals surface area contributed by atoms with Gasteiger partial charge in [-0.2, -0.15) is 13.2 Å². The number of amides is 1. The molecule has 9 heteroatoms. The highest BCUT2D eigenvalue weighted by atomic mass is 19.4. The molecule has 1 N–H and O–H groups in total. The van der Waals surface area contributed by atoms with Crippen LogP contribution in [0.3, 0.4) is 0 Å². The molecule has 1 aliphatic rings. The number of likely N-dealkylation sites (tertiary alicyclic amines) is 1. The summed E-state index contributed by atoms with van der Waals surface area (Å²) in [6.45, 7) is 1.07. The first kappa shape index (κ1) is 25.7. The van der Waals surface area contributed by atoms with E-state index in [-0.39, 0.29) is 29.9 Å². The Morgan fingerprint density at radius 2 is 1.82 bits per heavy atom. The van der Waals surface area contributed by atoms with Gasteiger partial charge in [-0.25, -0.2) is 0 Å². The fraction of sp³-hybridized carbons (Fsp3) is 0.480. The second-order valence-electron chi connectivity index (χ2n) is 8.23. The number of hydrogen-bond donors (Lipinski definition) is 1. The molecule has 1 unspecified atom stereocenters. The average molecular weight is 481 g/mol. The average Bonchev–Trinajstić information content (AvgIpc) is 3.36. The summed E-state index contributed by atoms with van der Waals surface area (Å²) in [6.07, 6.45) is -1.48. The molecule has 3 rings (SSSR count). The van der Waals surface area contributed by atoms with Gasteiger partial charge in [-0.1, -0.05) is 18.2 Å². The Morgan fingerprint density at radius 1 is 1.06 bits per heavy atom. The Balaban J connectivity index is 1.56. The lowest BCUT2D eigenvalue weighted by Gasteiger charge is -2.28. The van der Waals surface area contributed by atoms with Gasteiger partial charge in [0.25, 0.3) is 0 Å². The van der Waals surface area contributed by atoms with Gasteiger partial charge in [0, 0.05) is 13.0 Å². The van der Waals surface area contributed by atoms with Gasteiger partial charge in [-0.15, -0.1) is 0 Å². The van der Waals surface area contributed by atoms with Gasteiger partial charge >= 0.3 is 6.18 Å². The normalized spacial score (nSPS) is 15.1. The van der Waals surface area contributed by atoms with Gasteiger partial charge in [0.1, 0.15) is 5.75 Å². The molecular formula is C25H31F3N2O4. The summed E-state index contributed by atoms with van der Waals surface area (Å²) < 4.78 is 52.6. The molecule has 0 spiro atoms. The van der Waals surface area contributed by atoms with Crippen molar-refractivity contribution in [3.05, 3.63) is 53.6 Å². The molecule has 186 valence electrons. The van der Waals surface area contributed by atoms with Gasteiger partial charge in [0.15, 0.2) is 18.1 Å². The zero-order chi connectivity index (χ0) is 24.6. The fourth-order valence-corrected chi connectivity index (χ4v) is 4.06. The number of halogens is 3. The second-order valence-corrected chi connectivity index (χ2v) is 8.23. The summed E-state index contributed by atoms with van der Waals surface area (Å²) >= 11 is 0. The number of nitrogens with one attached hydrogen (secondary N) is 1. The van der Waals surface area contributed by atoms with Crippen molar-refractivity contribution in [3.8, 4) is 17.2 Å². The summed E-state index contributed by atoms with van der Waals surface area (Å²) in [5.74, 6) is 0.905. The van der Waals surface area contributed by atoms with Gasteiger partial charge < -0.3 is 19.5 Å². The summed E-state index contributed by atoms with van der Waals surface area (Å²) in [5.41, 5.74) is 1.87. The van der Waals surface area contributed by atoms with Crippen LogP contribution < -0.4 is 19.5 Å². The van der Waals surface area contributed by atoms with Crippen LogP contribution in [0.25, 0.3) is 0 Å². The molecule has 0 radical (unpaired) electrons. The quantitative estimate of drug-likeness (QED) is 0.512. The van der Waals surface area contributed by atoms with E-state index >= 15 is 0 Å². The highest BCUT2D eigenvalue weighted by Gasteiger charge is 2.29. The topological polar surface area (TPSA) is 60.0 Å². The third-order valence-electron chi connectivity index (χ3n) is 5.81. The van der Waals surface area contributed by atoms with Crippen LogP contribution in [0.5, 0.6) is 17.2 Å². The molecule has 0 bridgehead atoms. The maximum atomic E-state index is 12.6. The molecule has 2 aromatic carbocycles. The van der Waals surface area contributed by atoms with E-state index < -0.39 is 12.8 Å². The van der Waals surface area contributed by atoms with Crippen LogP contribution in [0.15, 0.2) is 42.5 Å². The maximum absolute atomic E-state index is 12.6. The Kier molecular flexibility index (Phi) is 9.04. The van der Waals surface area contributed by atoms with Crippen LogP contribution in [-0.4, -0.2) is 57.4 Å². The molecular weight excluding hydrogens is 449 g/mol. The fourth-order valence-electron chi connectivity index (χ4n) is 4.06. The van der Waals surface area contributed by atoms with E-state index in [1.54, 1.807) is 19.2 Å². The monoisotopic (exact) mass is 480 g/mol. The molecule has 6 nitrogen and oxygen atoms in total. The van der Waals surface area contributed by atoms with Crippen LogP contribution in [0, 0.1) is 0 Å². The summed E-state index contributed by atoms with van der Waals surface area (Å²) in [4.78, 5) is 15.0. The van der Waals surface area contributed by atoms with E-state index in [4.69, 9.17) is 14.2 Å². The van der Waals surface area contributed by atoms with E-state index in [0.717, 1.165) is 42.8 Å². The number of carbonyl (C=O) groups is 1. The Bertz CT molecular complexity index is 946. The van der Waals surface area contributed by atoms with Crippen LogP contribution in [0.4, 0.5) is 13.2 Å². The van der Waals surface area contributed by atoms with E-state index in [0.29, 0.717) is 13.0 Å².